The van der Waals surface area contributed by atoms with Gasteiger partial charge in [0.2, 0.25) is 0 Å². The minimum atomic E-state index is -0.873. The second-order valence-electron chi connectivity index (χ2n) is 5.64. The third kappa shape index (κ3) is 4.12. The van der Waals surface area contributed by atoms with Crippen LogP contribution in [0.1, 0.15) is 37.0 Å². The van der Waals surface area contributed by atoms with E-state index in [0.717, 1.165) is 6.42 Å². The summed E-state index contributed by atoms with van der Waals surface area (Å²) in [7, 11) is 0. The number of amides is 1. The standard InChI is InChI=1S/C17H22ClNO5/c1-3-7-24-15-13(18)8-12(9-14(15)23-4-2)16(20)19-6-5-11(10-19)17(21)22/h8-9,11H,3-7,10H2,1-2H3,(H,21,22). The van der Waals surface area contributed by atoms with E-state index in [9.17, 15) is 9.59 Å². The first-order valence-corrected chi connectivity index (χ1v) is 8.46. The normalized spacial score (nSPS) is 17.0. The molecule has 0 radical (unpaired) electrons. The highest BCUT2D eigenvalue weighted by Gasteiger charge is 2.32. The fraction of sp³-hybridized carbons (Fsp3) is 0.529. The number of benzene rings is 1. The smallest absolute Gasteiger partial charge is 0.308 e. The number of nitrogens with zero attached hydrogens (tertiary/aromatic N) is 1. The molecule has 1 aromatic rings. The van der Waals surface area contributed by atoms with Gasteiger partial charge in [-0.3, -0.25) is 9.59 Å². The summed E-state index contributed by atoms with van der Waals surface area (Å²) in [6.07, 6.45) is 1.29. The minimum absolute atomic E-state index is 0.212. The Labute approximate surface area is 146 Å². The Morgan fingerprint density at radius 2 is 2.08 bits per heavy atom. The molecule has 0 spiro atoms. The number of hydrogen-bond donors (Lipinski definition) is 1. The number of carbonyl (C=O) groups excluding carboxylic acids is 1. The van der Waals surface area contributed by atoms with E-state index in [0.29, 0.717) is 48.3 Å². The summed E-state index contributed by atoms with van der Waals surface area (Å²) < 4.78 is 11.2. The predicted molar refractivity (Wildman–Crippen MR) is 90.1 cm³/mol. The summed E-state index contributed by atoms with van der Waals surface area (Å²) in [6.45, 7) is 5.37. The first-order chi connectivity index (χ1) is 11.5. The second kappa shape index (κ2) is 8.24. The van der Waals surface area contributed by atoms with Gasteiger partial charge < -0.3 is 19.5 Å². The lowest BCUT2D eigenvalue weighted by Crippen LogP contribution is -2.30. The van der Waals surface area contributed by atoms with Crippen molar-refractivity contribution in [2.24, 2.45) is 5.92 Å². The summed E-state index contributed by atoms with van der Waals surface area (Å²) in [4.78, 5) is 25.2. The first kappa shape index (κ1) is 18.4. The Kier molecular flexibility index (Phi) is 6.31. The van der Waals surface area contributed by atoms with Gasteiger partial charge in [-0.2, -0.15) is 0 Å². The van der Waals surface area contributed by atoms with Gasteiger partial charge in [-0.15, -0.1) is 0 Å². The Hall–Kier alpha value is -1.95. The van der Waals surface area contributed by atoms with Crippen LogP contribution in [0.2, 0.25) is 5.02 Å². The molecule has 1 unspecified atom stereocenters. The zero-order valence-electron chi connectivity index (χ0n) is 13.9. The van der Waals surface area contributed by atoms with Crippen molar-refractivity contribution in [2.75, 3.05) is 26.3 Å². The highest BCUT2D eigenvalue weighted by molar-refractivity contribution is 6.32. The summed E-state index contributed by atoms with van der Waals surface area (Å²) in [5.74, 6) is -0.772. The van der Waals surface area contributed by atoms with Crippen molar-refractivity contribution in [1.82, 2.24) is 4.90 Å². The molecule has 1 aromatic carbocycles. The van der Waals surface area contributed by atoms with Gasteiger partial charge in [-0.1, -0.05) is 18.5 Å². The Morgan fingerprint density at radius 3 is 2.67 bits per heavy atom. The molecule has 1 heterocycles. The second-order valence-corrected chi connectivity index (χ2v) is 6.05. The van der Waals surface area contributed by atoms with E-state index in [4.69, 9.17) is 26.2 Å². The first-order valence-electron chi connectivity index (χ1n) is 8.09. The van der Waals surface area contributed by atoms with E-state index in [1.165, 1.54) is 4.90 Å². The topological polar surface area (TPSA) is 76.1 Å². The highest BCUT2D eigenvalue weighted by Crippen LogP contribution is 2.37. The van der Waals surface area contributed by atoms with Crippen LogP contribution in [0.25, 0.3) is 0 Å². The van der Waals surface area contributed by atoms with Crippen molar-refractivity contribution >= 4 is 23.5 Å². The van der Waals surface area contributed by atoms with Crippen LogP contribution >= 0.6 is 11.6 Å². The molecular formula is C17H22ClNO5. The monoisotopic (exact) mass is 355 g/mol. The molecule has 132 valence electrons. The van der Waals surface area contributed by atoms with Crippen molar-refractivity contribution in [3.05, 3.63) is 22.7 Å². The number of carboxylic acid groups (broad SMARTS) is 1. The van der Waals surface area contributed by atoms with Crippen molar-refractivity contribution in [3.8, 4) is 11.5 Å². The van der Waals surface area contributed by atoms with Crippen LogP contribution in [0.4, 0.5) is 0 Å². The van der Waals surface area contributed by atoms with E-state index in [-0.39, 0.29) is 12.5 Å². The third-order valence-electron chi connectivity index (χ3n) is 3.83. The van der Waals surface area contributed by atoms with Crippen molar-refractivity contribution in [1.29, 1.82) is 0 Å². The fourth-order valence-corrected chi connectivity index (χ4v) is 2.89. The molecule has 0 aromatic heterocycles. The van der Waals surface area contributed by atoms with E-state index in [1.807, 2.05) is 13.8 Å². The van der Waals surface area contributed by atoms with Gasteiger partial charge in [0.1, 0.15) is 0 Å². The van der Waals surface area contributed by atoms with Gasteiger partial charge in [0.25, 0.3) is 5.91 Å². The molecule has 0 aliphatic carbocycles. The zero-order valence-corrected chi connectivity index (χ0v) is 14.6. The minimum Gasteiger partial charge on any atom is -0.490 e. The SMILES string of the molecule is CCCOc1c(Cl)cc(C(=O)N2CCC(C(=O)O)C2)cc1OCC. The van der Waals surface area contributed by atoms with Crippen LogP contribution in [-0.4, -0.2) is 48.2 Å². The maximum Gasteiger partial charge on any atom is 0.308 e. The molecule has 0 bridgehead atoms. The Balaban J connectivity index is 2.23. The van der Waals surface area contributed by atoms with Crippen molar-refractivity contribution in [3.63, 3.8) is 0 Å². The van der Waals surface area contributed by atoms with Gasteiger partial charge in [-0.05, 0) is 31.9 Å². The predicted octanol–water partition coefficient (Wildman–Crippen LogP) is 3.07. The van der Waals surface area contributed by atoms with Crippen LogP contribution in [-0.2, 0) is 4.79 Å². The van der Waals surface area contributed by atoms with E-state index < -0.39 is 11.9 Å². The number of aliphatic carboxylic acids is 1. The number of likely N-dealkylation sites (tertiary alicyclic amines) is 1. The molecule has 0 saturated carbocycles. The van der Waals surface area contributed by atoms with Crippen LogP contribution in [0.5, 0.6) is 11.5 Å². The number of halogens is 1. The molecule has 1 N–H and O–H groups in total. The molecule has 24 heavy (non-hydrogen) atoms. The van der Waals surface area contributed by atoms with Gasteiger partial charge >= 0.3 is 5.97 Å². The molecule has 1 amide bonds. The average molecular weight is 356 g/mol. The number of carboxylic acids is 1. The van der Waals surface area contributed by atoms with E-state index >= 15 is 0 Å². The summed E-state index contributed by atoms with van der Waals surface area (Å²) >= 11 is 6.27. The van der Waals surface area contributed by atoms with Gasteiger partial charge in [0.05, 0.1) is 24.2 Å². The molecule has 1 aliphatic rings. The lowest BCUT2D eigenvalue weighted by molar-refractivity contribution is -0.141. The van der Waals surface area contributed by atoms with Gasteiger partial charge in [0, 0.05) is 18.7 Å². The summed E-state index contributed by atoms with van der Waals surface area (Å²) in [5.41, 5.74) is 0.373. The molecule has 7 heteroatoms. The number of ether oxygens (including phenoxy) is 2. The molecule has 1 aliphatic heterocycles. The number of carbonyl (C=O) groups is 2. The van der Waals surface area contributed by atoms with Crippen LogP contribution < -0.4 is 9.47 Å². The fourth-order valence-electron chi connectivity index (χ4n) is 2.63. The average Bonchev–Trinajstić information content (AvgIpc) is 3.03. The Morgan fingerprint density at radius 1 is 1.33 bits per heavy atom. The molecule has 2 rings (SSSR count). The highest BCUT2D eigenvalue weighted by atomic mass is 35.5. The van der Waals surface area contributed by atoms with E-state index in [1.54, 1.807) is 12.1 Å². The largest absolute Gasteiger partial charge is 0.490 e. The lowest BCUT2D eigenvalue weighted by Gasteiger charge is -2.18. The van der Waals surface area contributed by atoms with Gasteiger partial charge in [0.15, 0.2) is 11.5 Å². The molecular weight excluding hydrogens is 334 g/mol. The van der Waals surface area contributed by atoms with Crippen LogP contribution in [0, 0.1) is 5.92 Å². The molecule has 6 nitrogen and oxygen atoms in total. The lowest BCUT2D eigenvalue weighted by atomic mass is 10.1. The third-order valence-corrected chi connectivity index (χ3v) is 4.11. The van der Waals surface area contributed by atoms with E-state index in [2.05, 4.69) is 0 Å². The quantitative estimate of drug-likeness (QED) is 0.813. The maximum absolute atomic E-state index is 12.6. The zero-order chi connectivity index (χ0) is 17.7. The number of hydrogen-bond acceptors (Lipinski definition) is 4. The van der Waals surface area contributed by atoms with Crippen LogP contribution in [0.3, 0.4) is 0 Å². The maximum atomic E-state index is 12.6. The van der Waals surface area contributed by atoms with Gasteiger partial charge in [-0.25, -0.2) is 0 Å². The molecule has 1 fully saturated rings. The van der Waals surface area contributed by atoms with Crippen molar-refractivity contribution in [2.45, 2.75) is 26.7 Å². The number of rotatable bonds is 7. The van der Waals surface area contributed by atoms with Crippen LogP contribution in [0.15, 0.2) is 12.1 Å². The molecule has 1 saturated heterocycles. The Bertz CT molecular complexity index is 619. The van der Waals surface area contributed by atoms with Crippen molar-refractivity contribution < 1.29 is 24.2 Å². The summed E-state index contributed by atoms with van der Waals surface area (Å²) in [6, 6.07) is 3.16. The summed E-state index contributed by atoms with van der Waals surface area (Å²) in [5, 5.41) is 9.38. The molecule has 1 atom stereocenters.